The number of halogens is 3. The van der Waals surface area contributed by atoms with Crippen LogP contribution in [0.1, 0.15) is 11.1 Å². The lowest BCUT2D eigenvalue weighted by Gasteiger charge is -2.33. The Morgan fingerprint density at radius 1 is 1.08 bits per heavy atom. The molecule has 1 saturated heterocycles. The molecular weight excluding hydrogens is 333 g/mol. The second-order valence-electron chi connectivity index (χ2n) is 6.40. The van der Waals surface area contributed by atoms with Crippen molar-refractivity contribution in [2.75, 3.05) is 38.1 Å². The monoisotopic (exact) mass is 350 g/mol. The number of aryl methyl sites for hydroxylation is 1. The van der Waals surface area contributed by atoms with Crippen molar-refractivity contribution < 1.29 is 13.2 Å². The zero-order valence-corrected chi connectivity index (χ0v) is 13.9. The third-order valence-electron chi connectivity index (χ3n) is 4.66. The van der Waals surface area contributed by atoms with Crippen LogP contribution in [0.25, 0.3) is 16.7 Å². The number of rotatable bonds is 1. The van der Waals surface area contributed by atoms with Gasteiger partial charge in [-0.05, 0) is 31.7 Å². The standard InChI is InChI=1S/C16H17F3N6/c1-10-7-12-13(8-11(10)16(17,18)19)25-9-20-22-15(25)14(21-12)24-5-3-23(2)4-6-24/h7-9H,3-6H2,1-2H3. The number of aromatic nitrogens is 4. The molecule has 9 heteroatoms. The van der Waals surface area contributed by atoms with Gasteiger partial charge in [0.05, 0.1) is 16.6 Å². The minimum atomic E-state index is -4.41. The predicted octanol–water partition coefficient (Wildman–Crippen LogP) is 2.36. The highest BCUT2D eigenvalue weighted by molar-refractivity contribution is 5.84. The van der Waals surface area contributed by atoms with Crippen LogP contribution >= 0.6 is 0 Å². The fraction of sp³-hybridized carbons (Fsp3) is 0.438. The average molecular weight is 350 g/mol. The van der Waals surface area contributed by atoms with Gasteiger partial charge in [0.1, 0.15) is 6.33 Å². The third-order valence-corrected chi connectivity index (χ3v) is 4.66. The third kappa shape index (κ3) is 2.68. The number of hydrogen-bond acceptors (Lipinski definition) is 5. The summed E-state index contributed by atoms with van der Waals surface area (Å²) in [5.41, 5.74) is 0.838. The van der Waals surface area contributed by atoms with Gasteiger partial charge in [-0.1, -0.05) is 0 Å². The fourth-order valence-electron chi connectivity index (χ4n) is 3.23. The van der Waals surface area contributed by atoms with Gasteiger partial charge in [-0.3, -0.25) is 4.40 Å². The summed E-state index contributed by atoms with van der Waals surface area (Å²) in [7, 11) is 2.06. The smallest absolute Gasteiger partial charge is 0.351 e. The number of piperazine rings is 1. The molecule has 4 rings (SSSR count). The molecule has 6 nitrogen and oxygen atoms in total. The van der Waals surface area contributed by atoms with Gasteiger partial charge in [0.2, 0.25) is 5.65 Å². The topological polar surface area (TPSA) is 49.6 Å². The highest BCUT2D eigenvalue weighted by Gasteiger charge is 2.33. The van der Waals surface area contributed by atoms with E-state index in [9.17, 15) is 13.2 Å². The van der Waals surface area contributed by atoms with Crippen molar-refractivity contribution in [3.8, 4) is 0 Å². The minimum absolute atomic E-state index is 0.157. The molecule has 0 atom stereocenters. The van der Waals surface area contributed by atoms with Crippen molar-refractivity contribution in [2.24, 2.45) is 0 Å². The Hall–Kier alpha value is -2.42. The molecule has 1 aliphatic heterocycles. The first-order chi connectivity index (χ1) is 11.8. The molecular formula is C16H17F3N6. The maximum atomic E-state index is 13.2. The summed E-state index contributed by atoms with van der Waals surface area (Å²) < 4.78 is 41.3. The second kappa shape index (κ2) is 5.55. The summed E-state index contributed by atoms with van der Waals surface area (Å²) in [4.78, 5) is 8.95. The van der Waals surface area contributed by atoms with E-state index in [1.165, 1.54) is 19.3 Å². The Labute approximate surface area is 141 Å². The average Bonchev–Trinajstić information content (AvgIpc) is 3.03. The molecule has 3 heterocycles. The molecule has 132 valence electrons. The molecule has 0 aliphatic carbocycles. The van der Waals surface area contributed by atoms with Crippen LogP contribution in [0.15, 0.2) is 18.5 Å². The summed E-state index contributed by atoms with van der Waals surface area (Å²) in [5, 5.41) is 7.98. The first kappa shape index (κ1) is 16.1. The van der Waals surface area contributed by atoms with E-state index in [-0.39, 0.29) is 5.56 Å². The molecule has 0 amide bonds. The normalized spacial score (nSPS) is 16.9. The minimum Gasteiger partial charge on any atom is -0.351 e. The van der Waals surface area contributed by atoms with Crippen molar-refractivity contribution in [1.82, 2.24) is 24.5 Å². The molecule has 25 heavy (non-hydrogen) atoms. The summed E-state index contributed by atoms with van der Waals surface area (Å²) in [6.45, 7) is 4.82. The Morgan fingerprint density at radius 3 is 2.48 bits per heavy atom. The van der Waals surface area contributed by atoms with Crippen LogP contribution in [-0.2, 0) is 6.18 Å². The molecule has 1 fully saturated rings. The van der Waals surface area contributed by atoms with Gasteiger partial charge in [-0.25, -0.2) is 4.98 Å². The van der Waals surface area contributed by atoms with Crippen molar-refractivity contribution in [3.05, 3.63) is 29.6 Å². The molecule has 3 aromatic rings. The largest absolute Gasteiger partial charge is 0.416 e. The lowest BCUT2D eigenvalue weighted by Crippen LogP contribution is -2.45. The van der Waals surface area contributed by atoms with Crippen LogP contribution < -0.4 is 4.90 Å². The van der Waals surface area contributed by atoms with Crippen LogP contribution in [0, 0.1) is 6.92 Å². The summed E-state index contributed by atoms with van der Waals surface area (Å²) in [5.74, 6) is 0.664. The number of nitrogens with zero attached hydrogens (tertiary/aromatic N) is 6. The van der Waals surface area contributed by atoms with E-state index in [4.69, 9.17) is 0 Å². The van der Waals surface area contributed by atoms with Crippen molar-refractivity contribution in [2.45, 2.75) is 13.1 Å². The molecule has 1 aromatic carbocycles. The fourth-order valence-corrected chi connectivity index (χ4v) is 3.23. The summed E-state index contributed by atoms with van der Waals surface area (Å²) >= 11 is 0. The van der Waals surface area contributed by atoms with Gasteiger partial charge in [-0.15, -0.1) is 10.2 Å². The SMILES string of the molecule is Cc1cc2nc(N3CCN(C)CC3)c3nncn3c2cc1C(F)(F)F. The van der Waals surface area contributed by atoms with Gasteiger partial charge in [0.15, 0.2) is 5.82 Å². The predicted molar refractivity (Wildman–Crippen MR) is 87.7 cm³/mol. The summed E-state index contributed by atoms with van der Waals surface area (Å²) in [6, 6.07) is 2.61. The molecule has 0 spiro atoms. The molecule has 0 N–H and O–H groups in total. The van der Waals surface area contributed by atoms with Crippen LogP contribution in [-0.4, -0.2) is 57.7 Å². The zero-order chi connectivity index (χ0) is 17.8. The number of alkyl halides is 3. The van der Waals surface area contributed by atoms with E-state index in [2.05, 4.69) is 32.0 Å². The van der Waals surface area contributed by atoms with Gasteiger partial charge < -0.3 is 9.80 Å². The van der Waals surface area contributed by atoms with E-state index in [0.717, 1.165) is 32.2 Å². The van der Waals surface area contributed by atoms with Gasteiger partial charge in [0.25, 0.3) is 0 Å². The summed E-state index contributed by atoms with van der Waals surface area (Å²) in [6.07, 6.45) is -2.97. The van der Waals surface area contributed by atoms with E-state index in [1.54, 1.807) is 4.40 Å². The van der Waals surface area contributed by atoms with Crippen LogP contribution in [0.2, 0.25) is 0 Å². The molecule has 0 saturated carbocycles. The number of benzene rings is 1. The number of fused-ring (bicyclic) bond motifs is 3. The quantitative estimate of drug-likeness (QED) is 0.674. The first-order valence-corrected chi connectivity index (χ1v) is 7.99. The lowest BCUT2D eigenvalue weighted by molar-refractivity contribution is -0.137. The van der Waals surface area contributed by atoms with Gasteiger partial charge >= 0.3 is 6.18 Å². The maximum absolute atomic E-state index is 13.2. The van der Waals surface area contributed by atoms with E-state index in [1.807, 2.05) is 0 Å². The highest BCUT2D eigenvalue weighted by Crippen LogP contribution is 2.35. The maximum Gasteiger partial charge on any atom is 0.416 e. The molecule has 1 aliphatic rings. The second-order valence-corrected chi connectivity index (χ2v) is 6.40. The van der Waals surface area contributed by atoms with Crippen LogP contribution in [0.3, 0.4) is 0 Å². The van der Waals surface area contributed by atoms with Gasteiger partial charge in [0, 0.05) is 26.2 Å². The lowest BCUT2D eigenvalue weighted by atomic mass is 10.1. The first-order valence-electron chi connectivity index (χ1n) is 7.99. The van der Waals surface area contributed by atoms with E-state index >= 15 is 0 Å². The van der Waals surface area contributed by atoms with E-state index in [0.29, 0.717) is 22.5 Å². The van der Waals surface area contributed by atoms with Crippen LogP contribution in [0.5, 0.6) is 0 Å². The van der Waals surface area contributed by atoms with Crippen LogP contribution in [0.4, 0.5) is 19.0 Å². The van der Waals surface area contributed by atoms with Crippen molar-refractivity contribution in [1.29, 1.82) is 0 Å². The number of hydrogen-bond donors (Lipinski definition) is 0. The zero-order valence-electron chi connectivity index (χ0n) is 13.9. The van der Waals surface area contributed by atoms with Crippen molar-refractivity contribution >= 4 is 22.5 Å². The van der Waals surface area contributed by atoms with Crippen molar-refractivity contribution in [3.63, 3.8) is 0 Å². The Kier molecular flexibility index (Phi) is 3.57. The Bertz CT molecular complexity index is 940. The van der Waals surface area contributed by atoms with E-state index < -0.39 is 11.7 Å². The molecule has 0 radical (unpaired) electrons. The Balaban J connectivity index is 1.93. The number of likely N-dealkylation sites (N-methyl/N-ethyl adjacent to an activating group) is 1. The molecule has 0 bridgehead atoms. The molecule has 0 unspecified atom stereocenters. The molecule has 2 aromatic heterocycles. The highest BCUT2D eigenvalue weighted by atomic mass is 19.4. The van der Waals surface area contributed by atoms with Gasteiger partial charge in [-0.2, -0.15) is 13.2 Å². The number of anilines is 1. The Morgan fingerprint density at radius 2 is 1.80 bits per heavy atom.